The molecule has 2 heterocycles. The molecule has 0 aliphatic carbocycles. The van der Waals surface area contributed by atoms with E-state index in [1.165, 1.54) is 48.8 Å². The summed E-state index contributed by atoms with van der Waals surface area (Å²) in [6.07, 6.45) is 0. The van der Waals surface area contributed by atoms with Crippen molar-refractivity contribution in [3.8, 4) is 11.1 Å². The van der Waals surface area contributed by atoms with Gasteiger partial charge in [0.15, 0.2) is 0 Å². The molecule has 2 aromatic heterocycles. The summed E-state index contributed by atoms with van der Waals surface area (Å²) in [6, 6.07) is 63.2. The van der Waals surface area contributed by atoms with Gasteiger partial charge in [-0.2, -0.15) is 0 Å². The van der Waals surface area contributed by atoms with Gasteiger partial charge in [-0.1, -0.05) is 127 Å². The largest absolute Gasteiger partial charge is 0.310 e. The molecule has 3 nitrogen and oxygen atoms in total. The fourth-order valence-electron chi connectivity index (χ4n) is 7.51. The SMILES string of the molecule is c1ccc(N(c2ccc(-c3ccc4c5ccc6ccccc6c5c5nc6ccccc6n5c4c3)cc2)c2cccc3ccccc23)cc1. The van der Waals surface area contributed by atoms with Gasteiger partial charge in [0.1, 0.15) is 5.65 Å². The zero-order valence-electron chi connectivity index (χ0n) is 26.1. The van der Waals surface area contributed by atoms with Crippen molar-refractivity contribution in [2.75, 3.05) is 4.90 Å². The standard InChI is InChI=1S/C45H29N3/c1-2-14-34(15-3-1)47(41-20-10-13-31-11-4-6-16-36(31)41)35-25-21-30(22-26-35)33-24-27-38-39-28-23-32-12-5-7-17-37(32)44(39)45-46-40-18-8-9-19-42(40)48(45)43(38)29-33/h1-29H. The van der Waals surface area contributed by atoms with Crippen molar-refractivity contribution in [2.24, 2.45) is 0 Å². The van der Waals surface area contributed by atoms with Gasteiger partial charge in [0.05, 0.1) is 22.2 Å². The second-order valence-corrected chi connectivity index (χ2v) is 12.4. The van der Waals surface area contributed by atoms with Crippen LogP contribution in [0.4, 0.5) is 17.1 Å². The highest BCUT2D eigenvalue weighted by Crippen LogP contribution is 2.41. The van der Waals surface area contributed by atoms with Crippen molar-refractivity contribution in [3.05, 3.63) is 176 Å². The molecule has 0 aliphatic rings. The molecule has 0 unspecified atom stereocenters. The van der Waals surface area contributed by atoms with Crippen LogP contribution in [0.15, 0.2) is 176 Å². The molecule has 0 aliphatic heterocycles. The maximum Gasteiger partial charge on any atom is 0.147 e. The predicted molar refractivity (Wildman–Crippen MR) is 203 cm³/mol. The highest BCUT2D eigenvalue weighted by molar-refractivity contribution is 6.23. The number of rotatable bonds is 4. The number of imidazole rings is 1. The fraction of sp³-hybridized carbons (Fsp3) is 0. The predicted octanol–water partition coefficient (Wildman–Crippen LogP) is 12.2. The van der Waals surface area contributed by atoms with Gasteiger partial charge in [-0.15, -0.1) is 0 Å². The van der Waals surface area contributed by atoms with E-state index < -0.39 is 0 Å². The summed E-state index contributed by atoms with van der Waals surface area (Å²) in [5, 5.41) is 8.54. The van der Waals surface area contributed by atoms with Crippen LogP contribution >= 0.6 is 0 Å². The summed E-state index contributed by atoms with van der Waals surface area (Å²) in [4.78, 5) is 7.56. The Kier molecular flexibility index (Phi) is 5.87. The molecule has 0 radical (unpaired) electrons. The molecule has 0 saturated heterocycles. The fourth-order valence-corrected chi connectivity index (χ4v) is 7.51. The van der Waals surface area contributed by atoms with Crippen LogP contribution in [0, 0.1) is 0 Å². The minimum absolute atomic E-state index is 0.997. The van der Waals surface area contributed by atoms with Gasteiger partial charge in [0.25, 0.3) is 0 Å². The normalized spacial score (nSPS) is 11.8. The number of anilines is 3. The highest BCUT2D eigenvalue weighted by atomic mass is 15.1. The van der Waals surface area contributed by atoms with E-state index in [1.807, 2.05) is 0 Å². The zero-order valence-corrected chi connectivity index (χ0v) is 26.1. The van der Waals surface area contributed by atoms with Crippen molar-refractivity contribution in [3.63, 3.8) is 0 Å². The van der Waals surface area contributed by atoms with Crippen LogP contribution in [-0.4, -0.2) is 9.38 Å². The summed E-state index contributed by atoms with van der Waals surface area (Å²) in [7, 11) is 0. The van der Waals surface area contributed by atoms with Crippen LogP contribution in [0.25, 0.3) is 71.0 Å². The third-order valence-electron chi connectivity index (χ3n) is 9.72. The molecule has 0 atom stereocenters. The summed E-state index contributed by atoms with van der Waals surface area (Å²) in [5.74, 6) is 0. The van der Waals surface area contributed by atoms with Crippen LogP contribution in [0.5, 0.6) is 0 Å². The van der Waals surface area contributed by atoms with Crippen molar-refractivity contribution < 1.29 is 0 Å². The Morgan fingerprint density at radius 3 is 1.92 bits per heavy atom. The van der Waals surface area contributed by atoms with E-state index >= 15 is 0 Å². The molecule has 224 valence electrons. The molecule has 0 saturated carbocycles. The topological polar surface area (TPSA) is 20.5 Å². The lowest BCUT2D eigenvalue weighted by Gasteiger charge is -2.27. The number of hydrogen-bond donors (Lipinski definition) is 0. The summed E-state index contributed by atoms with van der Waals surface area (Å²) < 4.78 is 2.36. The number of nitrogens with zero attached hydrogens (tertiary/aromatic N) is 3. The Morgan fingerprint density at radius 1 is 0.417 bits per heavy atom. The number of fused-ring (bicyclic) bond motifs is 11. The quantitative estimate of drug-likeness (QED) is 0.185. The maximum absolute atomic E-state index is 5.21. The number of benzene rings is 8. The lowest BCUT2D eigenvalue weighted by atomic mass is 9.97. The lowest BCUT2D eigenvalue weighted by Crippen LogP contribution is -2.10. The van der Waals surface area contributed by atoms with Gasteiger partial charge in [0, 0.05) is 27.5 Å². The van der Waals surface area contributed by atoms with Crippen molar-refractivity contribution in [1.29, 1.82) is 0 Å². The van der Waals surface area contributed by atoms with E-state index in [0.29, 0.717) is 0 Å². The van der Waals surface area contributed by atoms with Crippen LogP contribution in [0.3, 0.4) is 0 Å². The van der Waals surface area contributed by atoms with Gasteiger partial charge >= 0.3 is 0 Å². The summed E-state index contributed by atoms with van der Waals surface area (Å²) in [6.45, 7) is 0. The summed E-state index contributed by atoms with van der Waals surface area (Å²) >= 11 is 0. The second-order valence-electron chi connectivity index (χ2n) is 12.4. The molecule has 8 aromatic carbocycles. The van der Waals surface area contributed by atoms with Gasteiger partial charge in [-0.05, 0) is 81.2 Å². The second kappa shape index (κ2) is 10.5. The van der Waals surface area contributed by atoms with Crippen LogP contribution in [-0.2, 0) is 0 Å². The molecule has 0 fully saturated rings. The van der Waals surface area contributed by atoms with E-state index in [2.05, 4.69) is 185 Å². The first kappa shape index (κ1) is 26.7. The van der Waals surface area contributed by atoms with E-state index in [4.69, 9.17) is 4.98 Å². The number of aromatic nitrogens is 2. The van der Waals surface area contributed by atoms with E-state index in [0.717, 1.165) is 39.3 Å². The Hall–Kier alpha value is -6.45. The molecular formula is C45H29N3. The van der Waals surface area contributed by atoms with Gasteiger partial charge in [0.2, 0.25) is 0 Å². The van der Waals surface area contributed by atoms with Crippen molar-refractivity contribution in [2.45, 2.75) is 0 Å². The molecule has 48 heavy (non-hydrogen) atoms. The highest BCUT2D eigenvalue weighted by Gasteiger charge is 2.18. The average molecular weight is 612 g/mol. The lowest BCUT2D eigenvalue weighted by molar-refractivity contribution is 1.30. The zero-order chi connectivity index (χ0) is 31.6. The molecule has 0 spiro atoms. The average Bonchev–Trinajstić information content (AvgIpc) is 3.55. The Labute approximate surface area is 277 Å². The van der Waals surface area contributed by atoms with E-state index in [-0.39, 0.29) is 0 Å². The number of pyridine rings is 1. The third kappa shape index (κ3) is 4.04. The van der Waals surface area contributed by atoms with Crippen LogP contribution in [0.2, 0.25) is 0 Å². The van der Waals surface area contributed by atoms with Crippen LogP contribution in [0.1, 0.15) is 0 Å². The monoisotopic (exact) mass is 611 g/mol. The first-order valence-electron chi connectivity index (χ1n) is 16.4. The smallest absolute Gasteiger partial charge is 0.147 e. The number of para-hydroxylation sites is 3. The van der Waals surface area contributed by atoms with Gasteiger partial charge in [-0.3, -0.25) is 4.40 Å². The molecule has 3 heteroatoms. The Bertz CT molecular complexity index is 2830. The molecule has 0 amide bonds. The molecule has 10 rings (SSSR count). The Balaban J connectivity index is 1.17. The van der Waals surface area contributed by atoms with Crippen molar-refractivity contribution in [1.82, 2.24) is 9.38 Å². The Morgan fingerprint density at radius 2 is 1.06 bits per heavy atom. The molecule has 0 bridgehead atoms. The van der Waals surface area contributed by atoms with Gasteiger partial charge < -0.3 is 4.90 Å². The van der Waals surface area contributed by atoms with E-state index in [1.54, 1.807) is 0 Å². The first-order valence-corrected chi connectivity index (χ1v) is 16.4. The summed E-state index contributed by atoms with van der Waals surface area (Å²) in [5.41, 5.74) is 10.0. The third-order valence-corrected chi connectivity index (χ3v) is 9.72. The molecule has 10 aromatic rings. The number of hydrogen-bond acceptors (Lipinski definition) is 2. The molecule has 0 N–H and O–H groups in total. The van der Waals surface area contributed by atoms with E-state index in [9.17, 15) is 0 Å². The first-order chi connectivity index (χ1) is 23.8. The molecular weight excluding hydrogens is 583 g/mol. The minimum atomic E-state index is 0.997. The van der Waals surface area contributed by atoms with Crippen LogP contribution < -0.4 is 4.90 Å². The minimum Gasteiger partial charge on any atom is -0.310 e. The van der Waals surface area contributed by atoms with Gasteiger partial charge in [-0.25, -0.2) is 4.98 Å². The maximum atomic E-state index is 5.21. The van der Waals surface area contributed by atoms with Crippen molar-refractivity contribution >= 4 is 77.0 Å².